The van der Waals surface area contributed by atoms with Gasteiger partial charge in [-0.25, -0.2) is 0 Å². The Bertz CT molecular complexity index is 3640. The maximum Gasteiger partial charge on any atom is 0.159 e. The molecular weight excluding hydrogens is 789 g/mol. The van der Waals surface area contributed by atoms with Gasteiger partial charge in [-0.05, 0) is 110 Å². The Morgan fingerprint density at radius 1 is 0.277 bits per heavy atom. The number of anilines is 6. The lowest BCUT2D eigenvalue weighted by Crippen LogP contribution is -2.14. The first-order chi connectivity index (χ1) is 32.2. The zero-order valence-electron chi connectivity index (χ0n) is 35.6. The lowest BCUT2D eigenvalue weighted by Gasteiger charge is -2.31. The molecule has 1 aromatic heterocycles. The van der Waals surface area contributed by atoms with Crippen molar-refractivity contribution in [3.05, 3.63) is 255 Å². The van der Waals surface area contributed by atoms with Crippen molar-refractivity contribution in [2.45, 2.75) is 0 Å². The van der Waals surface area contributed by atoms with Gasteiger partial charge in [0.05, 0.1) is 11.4 Å². The maximum atomic E-state index is 7.16. The highest BCUT2D eigenvalue weighted by Crippen LogP contribution is 2.50. The maximum absolute atomic E-state index is 7.16. The standard InChI is InChI=1S/C62H42N2O/c1-4-16-43(17-5-1)46-28-34-51(35-29-46)63(53-38-32-45-20-10-11-24-50(45)40-53)54-41-57-61-56-26-13-12-23-49(56)33-39-60(61)65-62(57)59(42-54)64(52-36-30-47(31-37-52)44-18-6-2-7-19-44)58-27-15-14-25-55(58)48-21-8-3-9-22-48/h1-42H. The summed E-state index contributed by atoms with van der Waals surface area (Å²) in [6, 6.07) is 91.4. The van der Waals surface area contributed by atoms with Crippen molar-refractivity contribution in [3.8, 4) is 33.4 Å². The average Bonchev–Trinajstić information content (AvgIpc) is 3.77. The van der Waals surface area contributed by atoms with Gasteiger partial charge < -0.3 is 14.2 Å². The van der Waals surface area contributed by atoms with Gasteiger partial charge in [-0.1, -0.05) is 194 Å². The van der Waals surface area contributed by atoms with Crippen molar-refractivity contribution in [2.75, 3.05) is 9.80 Å². The Morgan fingerprint density at radius 3 is 1.46 bits per heavy atom. The van der Waals surface area contributed by atoms with Crippen LogP contribution in [-0.2, 0) is 0 Å². The molecule has 306 valence electrons. The first kappa shape index (κ1) is 38.0. The van der Waals surface area contributed by atoms with E-state index in [1.165, 1.54) is 32.8 Å². The first-order valence-corrected chi connectivity index (χ1v) is 22.2. The zero-order chi connectivity index (χ0) is 43.1. The van der Waals surface area contributed by atoms with Crippen LogP contribution in [0.2, 0.25) is 0 Å². The van der Waals surface area contributed by atoms with Crippen LogP contribution in [0.3, 0.4) is 0 Å². The lowest BCUT2D eigenvalue weighted by atomic mass is 9.99. The molecule has 0 aliphatic rings. The highest BCUT2D eigenvalue weighted by Gasteiger charge is 2.26. The summed E-state index contributed by atoms with van der Waals surface area (Å²) in [5.41, 5.74) is 14.7. The van der Waals surface area contributed by atoms with E-state index in [0.717, 1.165) is 78.1 Å². The normalized spacial score (nSPS) is 11.4. The van der Waals surface area contributed by atoms with Gasteiger partial charge >= 0.3 is 0 Å². The Kier molecular flexibility index (Phi) is 9.50. The summed E-state index contributed by atoms with van der Waals surface area (Å²) < 4.78 is 7.16. The van der Waals surface area contributed by atoms with E-state index in [0.29, 0.717) is 0 Å². The topological polar surface area (TPSA) is 19.6 Å². The second kappa shape index (κ2) is 16.2. The fourth-order valence-electron chi connectivity index (χ4n) is 9.48. The average molecular weight is 831 g/mol. The Labute approximate surface area is 378 Å². The van der Waals surface area contributed by atoms with Gasteiger partial charge in [-0.2, -0.15) is 0 Å². The number of para-hydroxylation sites is 1. The van der Waals surface area contributed by atoms with Crippen molar-refractivity contribution in [1.82, 2.24) is 0 Å². The SMILES string of the molecule is c1ccc(-c2ccc(N(c3ccc4ccccc4c3)c3cc(N(c4ccc(-c5ccccc5)cc4)c4ccccc4-c4ccccc4)c4oc5ccc6ccccc6c5c4c3)cc2)cc1. The van der Waals surface area contributed by atoms with E-state index in [-0.39, 0.29) is 0 Å². The van der Waals surface area contributed by atoms with Crippen molar-refractivity contribution in [2.24, 2.45) is 0 Å². The fourth-order valence-corrected chi connectivity index (χ4v) is 9.48. The van der Waals surface area contributed by atoms with Gasteiger partial charge in [0, 0.05) is 39.1 Å². The molecule has 0 spiro atoms. The molecule has 0 amide bonds. The van der Waals surface area contributed by atoms with Gasteiger partial charge in [0.2, 0.25) is 0 Å². The van der Waals surface area contributed by atoms with Crippen LogP contribution in [-0.4, -0.2) is 0 Å². The van der Waals surface area contributed by atoms with Crippen molar-refractivity contribution < 1.29 is 4.42 Å². The molecule has 3 heteroatoms. The van der Waals surface area contributed by atoms with Gasteiger partial charge in [0.25, 0.3) is 0 Å². The number of fused-ring (bicyclic) bond motifs is 6. The molecule has 0 atom stereocenters. The van der Waals surface area contributed by atoms with Crippen molar-refractivity contribution >= 4 is 77.6 Å². The number of benzene rings is 11. The van der Waals surface area contributed by atoms with E-state index >= 15 is 0 Å². The Hall–Kier alpha value is -8.66. The molecule has 0 fully saturated rings. The molecule has 11 aromatic carbocycles. The lowest BCUT2D eigenvalue weighted by molar-refractivity contribution is 0.669. The summed E-state index contributed by atoms with van der Waals surface area (Å²) in [7, 11) is 0. The molecule has 0 saturated carbocycles. The molecular formula is C62H42N2O. The molecule has 3 nitrogen and oxygen atoms in total. The molecule has 1 heterocycles. The summed E-state index contributed by atoms with van der Waals surface area (Å²) in [4.78, 5) is 4.79. The van der Waals surface area contributed by atoms with Crippen LogP contribution in [0.1, 0.15) is 0 Å². The number of furan rings is 1. The molecule has 0 bridgehead atoms. The number of nitrogens with zero attached hydrogens (tertiary/aromatic N) is 2. The second-order valence-electron chi connectivity index (χ2n) is 16.5. The summed E-state index contributed by atoms with van der Waals surface area (Å²) >= 11 is 0. The quantitative estimate of drug-likeness (QED) is 0.144. The van der Waals surface area contributed by atoms with Crippen LogP contribution in [0, 0.1) is 0 Å². The monoisotopic (exact) mass is 830 g/mol. The molecule has 0 radical (unpaired) electrons. The Balaban J connectivity index is 1.16. The molecule has 65 heavy (non-hydrogen) atoms. The van der Waals surface area contributed by atoms with Crippen LogP contribution >= 0.6 is 0 Å². The third-order valence-corrected chi connectivity index (χ3v) is 12.6. The van der Waals surface area contributed by atoms with Crippen molar-refractivity contribution in [3.63, 3.8) is 0 Å². The number of hydrogen-bond donors (Lipinski definition) is 0. The predicted octanol–water partition coefficient (Wildman–Crippen LogP) is 17.8. The van der Waals surface area contributed by atoms with E-state index in [9.17, 15) is 0 Å². The largest absolute Gasteiger partial charge is 0.454 e. The molecule has 0 aliphatic heterocycles. The van der Waals surface area contributed by atoms with Gasteiger partial charge in [0.1, 0.15) is 5.58 Å². The third-order valence-electron chi connectivity index (χ3n) is 12.6. The molecule has 12 aromatic rings. The highest BCUT2D eigenvalue weighted by molar-refractivity contribution is 6.22. The van der Waals surface area contributed by atoms with Crippen LogP contribution in [0.5, 0.6) is 0 Å². The molecule has 0 aliphatic carbocycles. The second-order valence-corrected chi connectivity index (χ2v) is 16.5. The smallest absolute Gasteiger partial charge is 0.159 e. The molecule has 0 unspecified atom stereocenters. The number of rotatable bonds is 9. The third kappa shape index (κ3) is 6.97. The minimum absolute atomic E-state index is 0.813. The summed E-state index contributed by atoms with van der Waals surface area (Å²) in [5.74, 6) is 0. The van der Waals surface area contributed by atoms with Crippen molar-refractivity contribution in [1.29, 1.82) is 0 Å². The minimum Gasteiger partial charge on any atom is -0.454 e. The highest BCUT2D eigenvalue weighted by atomic mass is 16.3. The number of hydrogen-bond acceptors (Lipinski definition) is 3. The Morgan fingerprint density at radius 2 is 0.785 bits per heavy atom. The van der Waals surface area contributed by atoms with Gasteiger partial charge in [-0.15, -0.1) is 0 Å². The van der Waals surface area contributed by atoms with Crippen LogP contribution in [0.15, 0.2) is 259 Å². The predicted molar refractivity (Wildman–Crippen MR) is 274 cm³/mol. The van der Waals surface area contributed by atoms with Gasteiger partial charge in [0.15, 0.2) is 5.58 Å². The molecule has 0 saturated heterocycles. The van der Waals surface area contributed by atoms with Gasteiger partial charge in [-0.3, -0.25) is 0 Å². The van der Waals surface area contributed by atoms with E-state index in [2.05, 4.69) is 265 Å². The van der Waals surface area contributed by atoms with E-state index in [1.54, 1.807) is 0 Å². The zero-order valence-corrected chi connectivity index (χ0v) is 35.6. The van der Waals surface area contributed by atoms with E-state index in [1.807, 2.05) is 0 Å². The van der Waals surface area contributed by atoms with Crippen LogP contribution in [0.25, 0.3) is 76.9 Å². The minimum atomic E-state index is 0.813. The summed E-state index contributed by atoms with van der Waals surface area (Å²) in [5, 5.41) is 6.82. The molecule has 0 N–H and O–H groups in total. The van der Waals surface area contributed by atoms with E-state index < -0.39 is 0 Å². The fraction of sp³-hybridized carbons (Fsp3) is 0. The summed E-state index contributed by atoms with van der Waals surface area (Å²) in [6.07, 6.45) is 0. The van der Waals surface area contributed by atoms with Crippen LogP contribution in [0.4, 0.5) is 34.1 Å². The van der Waals surface area contributed by atoms with Crippen LogP contribution < -0.4 is 9.80 Å². The van der Waals surface area contributed by atoms with E-state index in [4.69, 9.17) is 4.42 Å². The summed E-state index contributed by atoms with van der Waals surface area (Å²) in [6.45, 7) is 0. The molecule has 12 rings (SSSR count). The first-order valence-electron chi connectivity index (χ1n) is 22.2.